The Kier molecular flexibility index (Phi) is 4.83. The third kappa shape index (κ3) is 4.14. The molecule has 0 radical (unpaired) electrons. The Balaban J connectivity index is 1.61. The van der Waals surface area contributed by atoms with Gasteiger partial charge >= 0.3 is 6.03 Å². The van der Waals surface area contributed by atoms with Crippen molar-refractivity contribution in [3.8, 4) is 0 Å². The molecule has 2 fully saturated rings. The molecule has 18 heavy (non-hydrogen) atoms. The van der Waals surface area contributed by atoms with Gasteiger partial charge in [-0.2, -0.15) is 0 Å². The van der Waals surface area contributed by atoms with E-state index in [1.807, 2.05) is 0 Å². The average Bonchev–Trinajstić information content (AvgIpc) is 2.88. The highest BCUT2D eigenvalue weighted by atomic mass is 16.5. The van der Waals surface area contributed by atoms with Gasteiger partial charge in [-0.1, -0.05) is 19.3 Å². The van der Waals surface area contributed by atoms with Crippen molar-refractivity contribution in [1.29, 1.82) is 0 Å². The standard InChI is InChI=1S/C13H24N2O3/c16-12(14-9-11-5-4-8-18-11)15-10-13(17)6-2-1-3-7-13/h11,17H,1-10H2,(H2,14,15,16). The molecule has 2 amide bonds. The van der Waals surface area contributed by atoms with Gasteiger partial charge in [0, 0.05) is 19.7 Å². The molecule has 5 heteroatoms. The maximum absolute atomic E-state index is 11.6. The van der Waals surface area contributed by atoms with Gasteiger partial charge in [0.05, 0.1) is 11.7 Å². The van der Waals surface area contributed by atoms with Crippen LogP contribution in [-0.4, -0.2) is 42.5 Å². The molecule has 0 aromatic carbocycles. The Labute approximate surface area is 108 Å². The lowest BCUT2D eigenvalue weighted by Gasteiger charge is -2.32. The van der Waals surface area contributed by atoms with E-state index in [0.717, 1.165) is 45.1 Å². The highest BCUT2D eigenvalue weighted by Gasteiger charge is 2.29. The molecule has 1 aliphatic carbocycles. The zero-order valence-corrected chi connectivity index (χ0v) is 10.9. The van der Waals surface area contributed by atoms with Gasteiger partial charge < -0.3 is 20.5 Å². The number of hydrogen-bond acceptors (Lipinski definition) is 3. The molecule has 2 aliphatic rings. The normalized spacial score (nSPS) is 26.8. The van der Waals surface area contributed by atoms with Crippen LogP contribution in [0.25, 0.3) is 0 Å². The third-order valence-corrected chi connectivity index (χ3v) is 3.88. The van der Waals surface area contributed by atoms with E-state index in [9.17, 15) is 9.90 Å². The number of nitrogens with one attached hydrogen (secondary N) is 2. The third-order valence-electron chi connectivity index (χ3n) is 3.88. The molecular formula is C13H24N2O3. The summed E-state index contributed by atoms with van der Waals surface area (Å²) in [6.07, 6.45) is 7.13. The monoisotopic (exact) mass is 256 g/mol. The summed E-state index contributed by atoms with van der Waals surface area (Å²) in [5.41, 5.74) is -0.695. The summed E-state index contributed by atoms with van der Waals surface area (Å²) in [5, 5.41) is 15.8. The maximum atomic E-state index is 11.6. The van der Waals surface area contributed by atoms with Crippen LogP contribution in [0.4, 0.5) is 4.79 Å². The summed E-state index contributed by atoms with van der Waals surface area (Å²) < 4.78 is 5.43. The first-order chi connectivity index (χ1) is 8.68. The predicted molar refractivity (Wildman–Crippen MR) is 68.4 cm³/mol. The number of hydrogen-bond donors (Lipinski definition) is 3. The number of urea groups is 1. The van der Waals surface area contributed by atoms with Crippen molar-refractivity contribution >= 4 is 6.03 Å². The molecule has 2 rings (SSSR count). The number of carbonyl (C=O) groups excluding carboxylic acids is 1. The van der Waals surface area contributed by atoms with Gasteiger partial charge in [0.1, 0.15) is 0 Å². The molecule has 1 unspecified atom stereocenters. The molecule has 1 saturated heterocycles. The van der Waals surface area contributed by atoms with E-state index in [1.54, 1.807) is 0 Å². The summed E-state index contributed by atoms with van der Waals surface area (Å²) in [7, 11) is 0. The van der Waals surface area contributed by atoms with Crippen LogP contribution in [0.3, 0.4) is 0 Å². The van der Waals surface area contributed by atoms with E-state index < -0.39 is 5.60 Å². The number of rotatable bonds is 4. The van der Waals surface area contributed by atoms with Crippen molar-refractivity contribution in [1.82, 2.24) is 10.6 Å². The van der Waals surface area contributed by atoms with Crippen molar-refractivity contribution in [2.75, 3.05) is 19.7 Å². The van der Waals surface area contributed by atoms with Crippen LogP contribution in [-0.2, 0) is 4.74 Å². The predicted octanol–water partition coefficient (Wildman–Crippen LogP) is 1.16. The number of amides is 2. The van der Waals surface area contributed by atoms with Crippen LogP contribution in [0.15, 0.2) is 0 Å². The molecule has 1 heterocycles. The Morgan fingerprint density at radius 1 is 1.22 bits per heavy atom. The average molecular weight is 256 g/mol. The van der Waals surface area contributed by atoms with Gasteiger partial charge in [-0.05, 0) is 25.7 Å². The van der Waals surface area contributed by atoms with Crippen LogP contribution >= 0.6 is 0 Å². The van der Waals surface area contributed by atoms with Gasteiger partial charge in [-0.3, -0.25) is 0 Å². The molecule has 1 saturated carbocycles. The van der Waals surface area contributed by atoms with Crippen LogP contribution in [0.2, 0.25) is 0 Å². The van der Waals surface area contributed by atoms with Crippen LogP contribution < -0.4 is 10.6 Å². The summed E-state index contributed by atoms with van der Waals surface area (Å²) >= 11 is 0. The second kappa shape index (κ2) is 6.38. The maximum Gasteiger partial charge on any atom is 0.314 e. The summed E-state index contributed by atoms with van der Waals surface area (Å²) in [6.45, 7) is 1.71. The lowest BCUT2D eigenvalue weighted by Crippen LogP contribution is -2.48. The molecule has 0 aromatic rings. The van der Waals surface area contributed by atoms with E-state index in [0.29, 0.717) is 13.1 Å². The van der Waals surface area contributed by atoms with E-state index in [1.165, 1.54) is 6.42 Å². The van der Waals surface area contributed by atoms with Gasteiger partial charge in [0.25, 0.3) is 0 Å². The molecule has 1 aliphatic heterocycles. The number of aliphatic hydroxyl groups is 1. The van der Waals surface area contributed by atoms with Crippen molar-refractivity contribution in [2.45, 2.75) is 56.7 Å². The molecular weight excluding hydrogens is 232 g/mol. The van der Waals surface area contributed by atoms with E-state index in [2.05, 4.69) is 10.6 Å². The zero-order valence-electron chi connectivity index (χ0n) is 10.9. The zero-order chi connectivity index (χ0) is 12.8. The van der Waals surface area contributed by atoms with Crippen LogP contribution in [0.5, 0.6) is 0 Å². The molecule has 0 spiro atoms. The van der Waals surface area contributed by atoms with Crippen molar-refractivity contribution < 1.29 is 14.6 Å². The fourth-order valence-corrected chi connectivity index (χ4v) is 2.71. The second-order valence-electron chi connectivity index (χ2n) is 5.48. The Hall–Kier alpha value is -0.810. The smallest absolute Gasteiger partial charge is 0.314 e. The Morgan fingerprint density at radius 3 is 2.67 bits per heavy atom. The molecule has 5 nitrogen and oxygen atoms in total. The van der Waals surface area contributed by atoms with Crippen LogP contribution in [0.1, 0.15) is 44.9 Å². The minimum absolute atomic E-state index is 0.161. The topological polar surface area (TPSA) is 70.6 Å². The van der Waals surface area contributed by atoms with Crippen molar-refractivity contribution in [3.05, 3.63) is 0 Å². The lowest BCUT2D eigenvalue weighted by atomic mass is 9.85. The Bertz CT molecular complexity index is 271. The largest absolute Gasteiger partial charge is 0.388 e. The summed E-state index contributed by atoms with van der Waals surface area (Å²) in [5.74, 6) is 0. The van der Waals surface area contributed by atoms with E-state index >= 15 is 0 Å². The summed E-state index contributed by atoms with van der Waals surface area (Å²) in [4.78, 5) is 11.6. The minimum atomic E-state index is -0.695. The van der Waals surface area contributed by atoms with Gasteiger partial charge in [0.2, 0.25) is 0 Å². The SMILES string of the molecule is O=C(NCC1CCCO1)NCC1(O)CCCCC1. The molecule has 104 valence electrons. The minimum Gasteiger partial charge on any atom is -0.388 e. The lowest BCUT2D eigenvalue weighted by molar-refractivity contribution is 0.00711. The van der Waals surface area contributed by atoms with Gasteiger partial charge in [0.15, 0.2) is 0 Å². The van der Waals surface area contributed by atoms with Gasteiger partial charge in [-0.15, -0.1) is 0 Å². The fourth-order valence-electron chi connectivity index (χ4n) is 2.71. The number of ether oxygens (including phenoxy) is 1. The van der Waals surface area contributed by atoms with Crippen molar-refractivity contribution in [3.63, 3.8) is 0 Å². The Morgan fingerprint density at radius 2 is 2.00 bits per heavy atom. The van der Waals surface area contributed by atoms with E-state index in [-0.39, 0.29) is 12.1 Å². The number of carbonyl (C=O) groups is 1. The highest BCUT2D eigenvalue weighted by molar-refractivity contribution is 5.73. The molecule has 3 N–H and O–H groups in total. The fraction of sp³-hybridized carbons (Fsp3) is 0.923. The molecule has 1 atom stereocenters. The van der Waals surface area contributed by atoms with Gasteiger partial charge in [-0.25, -0.2) is 4.79 Å². The first-order valence-corrected chi connectivity index (χ1v) is 7.04. The second-order valence-corrected chi connectivity index (χ2v) is 5.48. The molecule has 0 aromatic heterocycles. The molecule has 0 bridgehead atoms. The van der Waals surface area contributed by atoms with Crippen LogP contribution in [0, 0.1) is 0 Å². The van der Waals surface area contributed by atoms with E-state index in [4.69, 9.17) is 4.74 Å². The first-order valence-electron chi connectivity index (χ1n) is 7.04. The quantitative estimate of drug-likeness (QED) is 0.707. The first kappa shape index (κ1) is 13.6. The van der Waals surface area contributed by atoms with Crippen molar-refractivity contribution in [2.24, 2.45) is 0 Å². The highest BCUT2D eigenvalue weighted by Crippen LogP contribution is 2.27. The summed E-state index contributed by atoms with van der Waals surface area (Å²) in [6, 6.07) is -0.204.